The van der Waals surface area contributed by atoms with Gasteiger partial charge in [-0.05, 0) is 81.9 Å². The lowest BCUT2D eigenvalue weighted by atomic mass is 10.1. The highest BCUT2D eigenvalue weighted by Gasteiger charge is 2.35. The molecule has 1 aliphatic heterocycles. The summed E-state index contributed by atoms with van der Waals surface area (Å²) in [6.45, 7) is 0.501. The zero-order valence-corrected chi connectivity index (χ0v) is 19.2. The smallest absolute Gasteiger partial charge is 0.293 e. The van der Waals surface area contributed by atoms with Gasteiger partial charge in [0.25, 0.3) is 11.1 Å². The quantitative estimate of drug-likeness (QED) is 0.272. The highest BCUT2D eigenvalue weighted by molar-refractivity contribution is 14.1. The van der Waals surface area contributed by atoms with Crippen molar-refractivity contribution in [2.45, 2.75) is 13.2 Å². The maximum absolute atomic E-state index is 13.1. The van der Waals surface area contributed by atoms with E-state index in [1.165, 1.54) is 17.0 Å². The minimum atomic E-state index is -0.318. The lowest BCUT2D eigenvalue weighted by Gasteiger charge is -2.12. The molecule has 0 aliphatic carbocycles. The van der Waals surface area contributed by atoms with Crippen LogP contribution in [0.1, 0.15) is 16.7 Å². The second kappa shape index (κ2) is 9.65. The van der Waals surface area contributed by atoms with Crippen LogP contribution < -0.4 is 4.74 Å². The number of hydrogen-bond donors (Lipinski definition) is 0. The molecule has 0 atom stereocenters. The molecule has 0 N–H and O–H groups in total. The van der Waals surface area contributed by atoms with Gasteiger partial charge in [-0.2, -0.15) is 0 Å². The summed E-state index contributed by atoms with van der Waals surface area (Å²) in [6, 6.07) is 21.1. The number of rotatable bonds is 6. The van der Waals surface area contributed by atoms with Crippen LogP contribution >= 0.6 is 34.4 Å². The molecule has 0 bridgehead atoms. The summed E-state index contributed by atoms with van der Waals surface area (Å²) in [5, 5.41) is -0.292. The van der Waals surface area contributed by atoms with Crippen molar-refractivity contribution in [2.24, 2.45) is 0 Å². The van der Waals surface area contributed by atoms with Crippen LogP contribution in [0.2, 0.25) is 0 Å². The van der Waals surface area contributed by atoms with Gasteiger partial charge >= 0.3 is 0 Å². The van der Waals surface area contributed by atoms with Crippen LogP contribution in [0.15, 0.2) is 77.7 Å². The molecule has 2 amide bonds. The van der Waals surface area contributed by atoms with Crippen LogP contribution in [0.5, 0.6) is 5.75 Å². The van der Waals surface area contributed by atoms with Gasteiger partial charge in [-0.15, -0.1) is 0 Å². The van der Waals surface area contributed by atoms with Crippen molar-refractivity contribution in [2.75, 3.05) is 0 Å². The van der Waals surface area contributed by atoms with Crippen molar-refractivity contribution < 1.29 is 18.7 Å². The standard InChI is InChI=1S/C24H17FINO3S/c25-19-9-5-17(6-10-19)15-30-21-4-2-1-3-18(21)13-22-23(28)27(24(29)31-22)14-16-7-11-20(26)12-8-16/h1-13H,14-15H2/b22-13-. The number of ether oxygens (including phenoxy) is 1. The number of thioether (sulfide) groups is 1. The van der Waals surface area contributed by atoms with Crippen LogP contribution in [0.25, 0.3) is 6.08 Å². The van der Waals surface area contributed by atoms with E-state index in [1.807, 2.05) is 42.5 Å². The molecule has 1 saturated heterocycles. The Balaban J connectivity index is 1.50. The fraction of sp³-hybridized carbons (Fsp3) is 0.0833. The number of carbonyl (C=O) groups is 2. The van der Waals surface area contributed by atoms with Crippen LogP contribution in [0, 0.1) is 9.39 Å². The third-order valence-electron chi connectivity index (χ3n) is 4.64. The van der Waals surface area contributed by atoms with Crippen molar-refractivity contribution in [3.05, 3.63) is 104 Å². The number of carbonyl (C=O) groups excluding carboxylic acids is 2. The third-order valence-corrected chi connectivity index (χ3v) is 6.27. The molecule has 7 heteroatoms. The van der Waals surface area contributed by atoms with E-state index >= 15 is 0 Å². The zero-order valence-electron chi connectivity index (χ0n) is 16.3. The van der Waals surface area contributed by atoms with E-state index in [1.54, 1.807) is 24.3 Å². The monoisotopic (exact) mass is 545 g/mol. The molecule has 0 aromatic heterocycles. The van der Waals surface area contributed by atoms with E-state index in [9.17, 15) is 14.0 Å². The first-order valence-corrected chi connectivity index (χ1v) is 11.4. The van der Waals surface area contributed by atoms with Gasteiger partial charge in [-0.25, -0.2) is 4.39 Å². The number of nitrogens with zero attached hydrogens (tertiary/aromatic N) is 1. The van der Waals surface area contributed by atoms with E-state index in [4.69, 9.17) is 4.74 Å². The predicted molar refractivity (Wildman–Crippen MR) is 128 cm³/mol. The first-order valence-electron chi connectivity index (χ1n) is 9.46. The van der Waals surface area contributed by atoms with Gasteiger partial charge in [0.1, 0.15) is 18.2 Å². The van der Waals surface area contributed by atoms with Gasteiger partial charge in [0.2, 0.25) is 0 Å². The summed E-state index contributed by atoms with van der Waals surface area (Å²) in [4.78, 5) is 26.9. The maximum atomic E-state index is 13.1. The number of imide groups is 1. The highest BCUT2D eigenvalue weighted by Crippen LogP contribution is 2.35. The topological polar surface area (TPSA) is 46.6 Å². The molecular weight excluding hydrogens is 528 g/mol. The molecule has 0 spiro atoms. The summed E-state index contributed by atoms with van der Waals surface area (Å²) >= 11 is 3.13. The Labute approximate surface area is 197 Å². The molecule has 3 aromatic carbocycles. The lowest BCUT2D eigenvalue weighted by Crippen LogP contribution is -2.27. The Morgan fingerprint density at radius 3 is 2.35 bits per heavy atom. The Bertz CT molecular complexity index is 1150. The Morgan fingerprint density at radius 2 is 1.61 bits per heavy atom. The van der Waals surface area contributed by atoms with Crippen LogP contribution in [0.3, 0.4) is 0 Å². The Kier molecular flexibility index (Phi) is 6.72. The largest absolute Gasteiger partial charge is 0.488 e. The summed E-state index contributed by atoms with van der Waals surface area (Å²) in [5.41, 5.74) is 2.42. The fourth-order valence-electron chi connectivity index (χ4n) is 3.02. The van der Waals surface area contributed by atoms with Gasteiger partial charge in [0.15, 0.2) is 0 Å². The van der Waals surface area contributed by atoms with Gasteiger partial charge < -0.3 is 4.74 Å². The van der Waals surface area contributed by atoms with Crippen molar-refractivity contribution in [3.63, 3.8) is 0 Å². The van der Waals surface area contributed by atoms with Gasteiger partial charge in [0, 0.05) is 9.13 Å². The molecule has 0 unspecified atom stereocenters. The normalized spacial score (nSPS) is 15.0. The lowest BCUT2D eigenvalue weighted by molar-refractivity contribution is -0.123. The van der Waals surface area contributed by atoms with Crippen molar-refractivity contribution in [3.8, 4) is 5.75 Å². The molecule has 31 heavy (non-hydrogen) atoms. The van der Waals surface area contributed by atoms with Gasteiger partial charge in [-0.3, -0.25) is 14.5 Å². The molecule has 0 saturated carbocycles. The minimum absolute atomic E-state index is 0.238. The molecule has 3 aromatic rings. The van der Waals surface area contributed by atoms with E-state index < -0.39 is 0 Å². The average molecular weight is 545 g/mol. The summed E-state index contributed by atoms with van der Waals surface area (Å²) in [7, 11) is 0. The number of para-hydroxylation sites is 1. The molecule has 1 fully saturated rings. The maximum Gasteiger partial charge on any atom is 0.293 e. The molecule has 156 valence electrons. The van der Waals surface area contributed by atoms with E-state index in [0.717, 1.165) is 26.5 Å². The van der Waals surface area contributed by atoms with Crippen molar-refractivity contribution >= 4 is 51.6 Å². The first kappa shape index (κ1) is 21.6. The second-order valence-corrected chi connectivity index (χ2v) is 9.09. The Morgan fingerprint density at radius 1 is 0.935 bits per heavy atom. The van der Waals surface area contributed by atoms with E-state index in [-0.39, 0.29) is 30.1 Å². The van der Waals surface area contributed by atoms with Gasteiger partial charge in [-0.1, -0.05) is 42.5 Å². The van der Waals surface area contributed by atoms with Crippen molar-refractivity contribution in [1.29, 1.82) is 0 Å². The second-order valence-electron chi connectivity index (χ2n) is 6.85. The predicted octanol–water partition coefficient (Wildman–Crippen LogP) is 6.25. The summed E-state index contributed by atoms with van der Waals surface area (Å²) in [6.07, 6.45) is 1.68. The third kappa shape index (κ3) is 5.34. The number of benzene rings is 3. The van der Waals surface area contributed by atoms with E-state index in [2.05, 4.69) is 22.6 Å². The molecular formula is C24H17FINO3S. The molecule has 1 heterocycles. The highest BCUT2D eigenvalue weighted by atomic mass is 127. The van der Waals surface area contributed by atoms with E-state index in [0.29, 0.717) is 16.2 Å². The average Bonchev–Trinajstić information content (AvgIpc) is 3.03. The molecule has 0 radical (unpaired) electrons. The molecule has 1 aliphatic rings. The number of halogens is 2. The van der Waals surface area contributed by atoms with Crippen LogP contribution in [-0.2, 0) is 17.9 Å². The zero-order chi connectivity index (χ0) is 21.8. The molecule has 4 nitrogen and oxygen atoms in total. The number of amides is 2. The van der Waals surface area contributed by atoms with Crippen LogP contribution in [-0.4, -0.2) is 16.0 Å². The Hall–Kier alpha value is -2.65. The van der Waals surface area contributed by atoms with Crippen molar-refractivity contribution in [1.82, 2.24) is 4.90 Å². The summed E-state index contributed by atoms with van der Waals surface area (Å²) < 4.78 is 20.1. The van der Waals surface area contributed by atoms with Crippen LogP contribution in [0.4, 0.5) is 9.18 Å². The molecule has 4 rings (SSSR count). The minimum Gasteiger partial charge on any atom is -0.488 e. The number of hydrogen-bond acceptors (Lipinski definition) is 4. The first-order chi connectivity index (χ1) is 15.0. The summed E-state index contributed by atoms with van der Waals surface area (Å²) in [5.74, 6) is -0.0386. The van der Waals surface area contributed by atoms with Gasteiger partial charge in [0.05, 0.1) is 11.4 Å². The SMILES string of the molecule is O=C1S/C(=C\c2ccccc2OCc2ccc(F)cc2)C(=O)N1Cc1ccc(I)cc1. The fourth-order valence-corrected chi connectivity index (χ4v) is 4.21.